The summed E-state index contributed by atoms with van der Waals surface area (Å²) < 4.78 is 5.67. The zero-order valence-electron chi connectivity index (χ0n) is 9.76. The molecule has 2 aromatic rings. The van der Waals surface area contributed by atoms with Crippen LogP contribution < -0.4 is 10.5 Å². The SMILES string of the molecule is CC(CO)COc1ccc(N)c2ncccc12. The molecule has 4 nitrogen and oxygen atoms in total. The van der Waals surface area contributed by atoms with Crippen LogP contribution in [0, 0.1) is 5.92 Å². The highest BCUT2D eigenvalue weighted by Crippen LogP contribution is 2.28. The van der Waals surface area contributed by atoms with Gasteiger partial charge in [-0.15, -0.1) is 0 Å². The minimum Gasteiger partial charge on any atom is -0.493 e. The van der Waals surface area contributed by atoms with Gasteiger partial charge in [-0.25, -0.2) is 0 Å². The van der Waals surface area contributed by atoms with Crippen LogP contribution in [-0.2, 0) is 0 Å². The summed E-state index contributed by atoms with van der Waals surface area (Å²) in [7, 11) is 0. The summed E-state index contributed by atoms with van der Waals surface area (Å²) in [6, 6.07) is 7.40. The van der Waals surface area contributed by atoms with Crippen LogP contribution in [0.15, 0.2) is 30.5 Å². The van der Waals surface area contributed by atoms with Gasteiger partial charge in [0.2, 0.25) is 0 Å². The van der Waals surface area contributed by atoms with Crippen molar-refractivity contribution in [2.45, 2.75) is 6.92 Å². The highest BCUT2D eigenvalue weighted by molar-refractivity contribution is 5.93. The Balaban J connectivity index is 2.32. The number of hydrogen-bond acceptors (Lipinski definition) is 4. The minimum absolute atomic E-state index is 0.110. The summed E-state index contributed by atoms with van der Waals surface area (Å²) in [5, 5.41) is 9.86. The normalized spacial score (nSPS) is 12.6. The van der Waals surface area contributed by atoms with E-state index in [1.165, 1.54) is 0 Å². The number of ether oxygens (including phenoxy) is 1. The van der Waals surface area contributed by atoms with E-state index in [-0.39, 0.29) is 12.5 Å². The largest absolute Gasteiger partial charge is 0.493 e. The summed E-state index contributed by atoms with van der Waals surface area (Å²) in [6.07, 6.45) is 1.71. The predicted octanol–water partition coefficient (Wildman–Crippen LogP) is 1.82. The zero-order valence-corrected chi connectivity index (χ0v) is 9.76. The van der Waals surface area contributed by atoms with Crippen molar-refractivity contribution in [3.8, 4) is 5.75 Å². The number of benzene rings is 1. The van der Waals surface area contributed by atoms with Crippen molar-refractivity contribution in [2.75, 3.05) is 18.9 Å². The second kappa shape index (κ2) is 5.01. The van der Waals surface area contributed by atoms with Crippen molar-refractivity contribution in [1.82, 2.24) is 4.98 Å². The van der Waals surface area contributed by atoms with Crippen molar-refractivity contribution in [1.29, 1.82) is 0 Å². The van der Waals surface area contributed by atoms with Crippen molar-refractivity contribution in [2.24, 2.45) is 5.92 Å². The van der Waals surface area contributed by atoms with Crippen LogP contribution in [0.25, 0.3) is 10.9 Å². The van der Waals surface area contributed by atoms with Gasteiger partial charge in [-0.05, 0) is 24.3 Å². The maximum atomic E-state index is 8.96. The number of pyridine rings is 1. The fourth-order valence-corrected chi connectivity index (χ4v) is 1.58. The van der Waals surface area contributed by atoms with E-state index in [0.29, 0.717) is 12.3 Å². The maximum Gasteiger partial charge on any atom is 0.128 e. The average molecular weight is 232 g/mol. The second-order valence-corrected chi connectivity index (χ2v) is 4.15. The monoisotopic (exact) mass is 232 g/mol. The second-order valence-electron chi connectivity index (χ2n) is 4.15. The van der Waals surface area contributed by atoms with Gasteiger partial charge in [0.1, 0.15) is 5.75 Å². The first-order valence-corrected chi connectivity index (χ1v) is 5.59. The highest BCUT2D eigenvalue weighted by atomic mass is 16.5. The standard InChI is InChI=1S/C13H16N2O2/c1-9(7-16)8-17-12-5-4-11(14)13-10(12)3-2-6-15-13/h2-6,9,16H,7-8,14H2,1H3. The molecule has 3 N–H and O–H groups in total. The predicted molar refractivity (Wildman–Crippen MR) is 67.9 cm³/mol. The molecule has 0 amide bonds. The molecule has 2 rings (SSSR count). The van der Waals surface area contributed by atoms with E-state index in [2.05, 4.69) is 4.98 Å². The maximum absolute atomic E-state index is 8.96. The molecule has 1 heterocycles. The van der Waals surface area contributed by atoms with Gasteiger partial charge >= 0.3 is 0 Å². The minimum atomic E-state index is 0.110. The van der Waals surface area contributed by atoms with E-state index in [1.807, 2.05) is 25.1 Å². The van der Waals surface area contributed by atoms with Gasteiger partial charge in [0.15, 0.2) is 0 Å². The molecule has 0 aliphatic rings. The Bertz CT molecular complexity index is 514. The van der Waals surface area contributed by atoms with Gasteiger partial charge < -0.3 is 15.6 Å². The number of hydrogen-bond donors (Lipinski definition) is 2. The highest BCUT2D eigenvalue weighted by Gasteiger charge is 2.07. The lowest BCUT2D eigenvalue weighted by atomic mass is 10.1. The molecule has 0 spiro atoms. The Labute approximate surface area is 100 Å². The number of aliphatic hydroxyl groups is 1. The van der Waals surface area contributed by atoms with Gasteiger partial charge in [0, 0.05) is 24.1 Å². The Morgan fingerprint density at radius 2 is 2.24 bits per heavy atom. The van der Waals surface area contributed by atoms with Crippen molar-refractivity contribution in [3.63, 3.8) is 0 Å². The zero-order chi connectivity index (χ0) is 12.3. The lowest BCUT2D eigenvalue weighted by Gasteiger charge is -2.13. The molecule has 1 aromatic heterocycles. The molecule has 0 radical (unpaired) electrons. The van der Waals surface area contributed by atoms with Crippen LogP contribution in [0.2, 0.25) is 0 Å². The summed E-state index contributed by atoms with van der Waals surface area (Å²) in [6.45, 7) is 2.52. The van der Waals surface area contributed by atoms with E-state index in [4.69, 9.17) is 15.6 Å². The molecule has 0 saturated carbocycles. The third-order valence-corrected chi connectivity index (χ3v) is 2.60. The Morgan fingerprint density at radius 3 is 3.00 bits per heavy atom. The Morgan fingerprint density at radius 1 is 1.41 bits per heavy atom. The topological polar surface area (TPSA) is 68.4 Å². The molecule has 1 aromatic carbocycles. The molecule has 4 heteroatoms. The number of nitrogens with two attached hydrogens (primary N) is 1. The summed E-state index contributed by atoms with van der Waals surface area (Å²) in [5.74, 6) is 0.863. The molecule has 90 valence electrons. The fraction of sp³-hybridized carbons (Fsp3) is 0.308. The molecular weight excluding hydrogens is 216 g/mol. The molecule has 0 fully saturated rings. The van der Waals surface area contributed by atoms with E-state index in [0.717, 1.165) is 16.7 Å². The van der Waals surface area contributed by atoms with E-state index < -0.39 is 0 Å². The molecular formula is C13H16N2O2. The molecule has 17 heavy (non-hydrogen) atoms. The lowest BCUT2D eigenvalue weighted by molar-refractivity contribution is 0.175. The fourth-order valence-electron chi connectivity index (χ4n) is 1.58. The first-order chi connectivity index (χ1) is 8.22. The third kappa shape index (κ3) is 2.47. The van der Waals surface area contributed by atoms with Gasteiger partial charge in [0.25, 0.3) is 0 Å². The summed E-state index contributed by atoms with van der Waals surface area (Å²) >= 11 is 0. The van der Waals surface area contributed by atoms with Gasteiger partial charge in [0.05, 0.1) is 17.8 Å². The van der Waals surface area contributed by atoms with Crippen molar-refractivity contribution >= 4 is 16.6 Å². The van der Waals surface area contributed by atoms with Gasteiger partial charge in [-0.3, -0.25) is 4.98 Å². The first-order valence-electron chi connectivity index (χ1n) is 5.59. The smallest absolute Gasteiger partial charge is 0.128 e. The third-order valence-electron chi connectivity index (χ3n) is 2.60. The average Bonchev–Trinajstić information content (AvgIpc) is 2.38. The molecule has 1 unspecified atom stereocenters. The number of aromatic nitrogens is 1. The van der Waals surface area contributed by atoms with E-state index in [1.54, 1.807) is 12.3 Å². The van der Waals surface area contributed by atoms with Crippen LogP contribution in [0.5, 0.6) is 5.75 Å². The number of nitrogen functional groups attached to an aromatic ring is 1. The summed E-state index contributed by atoms with van der Waals surface area (Å²) in [5.41, 5.74) is 7.24. The van der Waals surface area contributed by atoms with E-state index in [9.17, 15) is 0 Å². The van der Waals surface area contributed by atoms with Gasteiger partial charge in [-0.1, -0.05) is 6.92 Å². The number of anilines is 1. The number of fused-ring (bicyclic) bond motifs is 1. The van der Waals surface area contributed by atoms with Crippen LogP contribution in [0.3, 0.4) is 0 Å². The van der Waals surface area contributed by atoms with E-state index >= 15 is 0 Å². The summed E-state index contributed by atoms with van der Waals surface area (Å²) in [4.78, 5) is 4.23. The molecule has 0 aliphatic heterocycles. The molecule has 0 bridgehead atoms. The number of rotatable bonds is 4. The Kier molecular flexibility index (Phi) is 3.44. The Hall–Kier alpha value is -1.81. The number of aliphatic hydroxyl groups excluding tert-OH is 1. The first kappa shape index (κ1) is 11.7. The van der Waals surface area contributed by atoms with Crippen LogP contribution in [-0.4, -0.2) is 23.3 Å². The van der Waals surface area contributed by atoms with Crippen LogP contribution in [0.1, 0.15) is 6.92 Å². The lowest BCUT2D eigenvalue weighted by Crippen LogP contribution is -2.12. The van der Waals surface area contributed by atoms with Crippen LogP contribution in [0.4, 0.5) is 5.69 Å². The van der Waals surface area contributed by atoms with Crippen molar-refractivity contribution < 1.29 is 9.84 Å². The molecule has 1 atom stereocenters. The quantitative estimate of drug-likeness (QED) is 0.789. The molecule has 0 aliphatic carbocycles. The number of nitrogens with zero attached hydrogens (tertiary/aromatic N) is 1. The van der Waals surface area contributed by atoms with Gasteiger partial charge in [-0.2, -0.15) is 0 Å². The van der Waals surface area contributed by atoms with Crippen molar-refractivity contribution in [3.05, 3.63) is 30.5 Å². The van der Waals surface area contributed by atoms with Crippen LogP contribution >= 0.6 is 0 Å². The molecule has 0 saturated heterocycles.